The van der Waals surface area contributed by atoms with Crippen LogP contribution in [0.25, 0.3) is 0 Å². The molecule has 2 aliphatic rings. The second-order valence-corrected chi connectivity index (χ2v) is 6.14. The van der Waals surface area contributed by atoms with Crippen molar-refractivity contribution in [2.75, 3.05) is 19.9 Å². The minimum Gasteiger partial charge on any atom is -0.454 e. The predicted molar refractivity (Wildman–Crippen MR) is 77.0 cm³/mol. The molecule has 0 aromatic heterocycles. The molecule has 5 nitrogen and oxygen atoms in total. The maximum Gasteiger partial charge on any atom is 0.231 e. The minimum atomic E-state index is -0.700. The molecule has 1 N–H and O–H groups in total. The van der Waals surface area contributed by atoms with Crippen LogP contribution in [0.3, 0.4) is 0 Å². The lowest BCUT2D eigenvalue weighted by Crippen LogP contribution is -2.30. The van der Waals surface area contributed by atoms with Gasteiger partial charge in [-0.3, -0.25) is 4.79 Å². The van der Waals surface area contributed by atoms with E-state index in [0.717, 1.165) is 12.1 Å². The average Bonchev–Trinajstić information content (AvgIpc) is 3.05. The molecular formula is C16H21NO4. The number of carbonyl (C=O) groups excluding carboxylic acids is 1. The third kappa shape index (κ3) is 2.83. The number of likely N-dealkylation sites (tertiary alicyclic amines) is 1. The molecule has 2 atom stereocenters. The second kappa shape index (κ2) is 5.56. The highest BCUT2D eigenvalue weighted by Gasteiger charge is 2.32. The maximum atomic E-state index is 12.0. The Morgan fingerprint density at radius 1 is 1.33 bits per heavy atom. The molecule has 0 aliphatic carbocycles. The van der Waals surface area contributed by atoms with Gasteiger partial charge in [0.05, 0.1) is 12.6 Å². The number of carbonyl (C=O) groups is 1. The summed E-state index contributed by atoms with van der Waals surface area (Å²) in [7, 11) is 0. The van der Waals surface area contributed by atoms with E-state index in [-0.39, 0.29) is 12.7 Å². The van der Waals surface area contributed by atoms with Crippen LogP contribution in [0.1, 0.15) is 31.9 Å². The molecular weight excluding hydrogens is 270 g/mol. The van der Waals surface area contributed by atoms with Gasteiger partial charge >= 0.3 is 0 Å². The summed E-state index contributed by atoms with van der Waals surface area (Å²) in [5, 5.41) is 10.4. The van der Waals surface area contributed by atoms with Crippen molar-refractivity contribution in [3.63, 3.8) is 0 Å². The van der Waals surface area contributed by atoms with E-state index < -0.39 is 6.10 Å². The molecule has 1 amide bonds. The summed E-state index contributed by atoms with van der Waals surface area (Å²) in [4.78, 5) is 13.8. The predicted octanol–water partition coefficient (Wildman–Crippen LogP) is 1.95. The molecule has 1 fully saturated rings. The van der Waals surface area contributed by atoms with Gasteiger partial charge in [0.25, 0.3) is 0 Å². The number of aliphatic hydroxyl groups is 1. The first-order chi connectivity index (χ1) is 10.0. The number of ether oxygens (including phenoxy) is 2. The molecule has 2 aliphatic heterocycles. The Bertz CT molecular complexity index is 543. The van der Waals surface area contributed by atoms with E-state index >= 15 is 0 Å². The van der Waals surface area contributed by atoms with Crippen LogP contribution < -0.4 is 9.47 Å². The van der Waals surface area contributed by atoms with E-state index in [9.17, 15) is 9.90 Å². The molecule has 114 valence electrons. The van der Waals surface area contributed by atoms with Crippen LogP contribution in [0.5, 0.6) is 11.5 Å². The highest BCUT2D eigenvalue weighted by molar-refractivity contribution is 5.78. The van der Waals surface area contributed by atoms with E-state index in [2.05, 4.69) is 13.8 Å². The van der Waals surface area contributed by atoms with Crippen LogP contribution in [-0.2, 0) is 4.79 Å². The molecule has 0 bridgehead atoms. The second-order valence-electron chi connectivity index (χ2n) is 6.14. The van der Waals surface area contributed by atoms with Gasteiger partial charge in [0, 0.05) is 13.0 Å². The smallest absolute Gasteiger partial charge is 0.231 e. The Hall–Kier alpha value is -1.75. The number of rotatable bonds is 4. The summed E-state index contributed by atoms with van der Waals surface area (Å²) in [6.07, 6.45) is -0.111. The van der Waals surface area contributed by atoms with Crippen LogP contribution in [0, 0.1) is 11.8 Å². The fourth-order valence-corrected chi connectivity index (χ4v) is 2.86. The molecule has 0 saturated carbocycles. The Balaban J connectivity index is 1.66. The zero-order valence-electron chi connectivity index (χ0n) is 12.4. The monoisotopic (exact) mass is 291 g/mol. The van der Waals surface area contributed by atoms with Crippen molar-refractivity contribution in [3.8, 4) is 11.5 Å². The quantitative estimate of drug-likeness (QED) is 0.921. The molecule has 3 rings (SSSR count). The Kier molecular flexibility index (Phi) is 3.76. The van der Waals surface area contributed by atoms with Gasteiger partial charge in [0.15, 0.2) is 11.5 Å². The molecule has 0 spiro atoms. The molecule has 21 heavy (non-hydrogen) atoms. The first kappa shape index (κ1) is 14.2. The molecule has 2 heterocycles. The number of aliphatic hydroxyl groups excluding tert-OH is 1. The van der Waals surface area contributed by atoms with Crippen molar-refractivity contribution in [1.82, 2.24) is 4.90 Å². The van der Waals surface area contributed by atoms with Crippen molar-refractivity contribution in [2.24, 2.45) is 11.8 Å². The maximum absolute atomic E-state index is 12.0. The standard InChI is InChI=1S/C16H21NO4/c1-10(2)12-6-16(19)17(7-12)8-13(18)11-3-4-14-15(5-11)21-9-20-14/h3-5,10,12-13,18H,6-9H2,1-2H3. The van der Waals surface area contributed by atoms with Gasteiger partial charge in [-0.15, -0.1) is 0 Å². The average molecular weight is 291 g/mol. The first-order valence-corrected chi connectivity index (χ1v) is 7.40. The molecule has 1 aromatic carbocycles. The molecule has 2 unspecified atom stereocenters. The van der Waals surface area contributed by atoms with Crippen LogP contribution in [0.4, 0.5) is 0 Å². The largest absolute Gasteiger partial charge is 0.454 e. The van der Waals surface area contributed by atoms with E-state index in [0.29, 0.717) is 36.3 Å². The van der Waals surface area contributed by atoms with Crippen molar-refractivity contribution < 1.29 is 19.4 Å². The summed E-state index contributed by atoms with van der Waals surface area (Å²) in [5.74, 6) is 2.36. The number of amides is 1. The zero-order valence-corrected chi connectivity index (χ0v) is 12.4. The van der Waals surface area contributed by atoms with E-state index in [1.807, 2.05) is 6.07 Å². The van der Waals surface area contributed by atoms with Gasteiger partial charge < -0.3 is 19.5 Å². The number of nitrogens with zero attached hydrogens (tertiary/aromatic N) is 1. The number of β-amino-alcohol motifs (C(OH)–C–C–N with tert-alkyl or cyclic N) is 1. The van der Waals surface area contributed by atoms with Crippen LogP contribution in [-0.4, -0.2) is 35.8 Å². The van der Waals surface area contributed by atoms with Crippen molar-refractivity contribution in [2.45, 2.75) is 26.4 Å². The van der Waals surface area contributed by atoms with Gasteiger partial charge in [-0.2, -0.15) is 0 Å². The lowest BCUT2D eigenvalue weighted by molar-refractivity contribution is -0.129. The molecule has 1 saturated heterocycles. The first-order valence-electron chi connectivity index (χ1n) is 7.40. The van der Waals surface area contributed by atoms with Gasteiger partial charge in [-0.25, -0.2) is 0 Å². The van der Waals surface area contributed by atoms with Gasteiger partial charge in [-0.1, -0.05) is 19.9 Å². The summed E-state index contributed by atoms with van der Waals surface area (Å²) in [6, 6.07) is 5.40. The van der Waals surface area contributed by atoms with Crippen molar-refractivity contribution >= 4 is 5.91 Å². The number of hydrogen-bond donors (Lipinski definition) is 1. The SMILES string of the molecule is CC(C)C1CC(=O)N(CC(O)c2ccc3c(c2)OCO3)C1. The van der Waals surface area contributed by atoms with Crippen LogP contribution >= 0.6 is 0 Å². The van der Waals surface area contributed by atoms with E-state index in [1.165, 1.54) is 0 Å². The lowest BCUT2D eigenvalue weighted by Gasteiger charge is -2.21. The van der Waals surface area contributed by atoms with Crippen molar-refractivity contribution in [3.05, 3.63) is 23.8 Å². The summed E-state index contributed by atoms with van der Waals surface area (Å²) in [5.41, 5.74) is 0.750. The van der Waals surface area contributed by atoms with E-state index in [1.54, 1.807) is 17.0 Å². The number of benzene rings is 1. The molecule has 1 aromatic rings. The fraction of sp³-hybridized carbons (Fsp3) is 0.562. The third-order valence-corrected chi connectivity index (χ3v) is 4.36. The van der Waals surface area contributed by atoms with Gasteiger partial charge in [-0.05, 0) is 29.5 Å². The fourth-order valence-electron chi connectivity index (χ4n) is 2.86. The summed E-state index contributed by atoms with van der Waals surface area (Å²) >= 11 is 0. The molecule has 5 heteroatoms. The lowest BCUT2D eigenvalue weighted by atomic mass is 9.95. The Morgan fingerprint density at radius 3 is 2.81 bits per heavy atom. The topological polar surface area (TPSA) is 59.0 Å². The van der Waals surface area contributed by atoms with E-state index in [4.69, 9.17) is 9.47 Å². The summed E-state index contributed by atoms with van der Waals surface area (Å²) < 4.78 is 10.6. The van der Waals surface area contributed by atoms with Crippen molar-refractivity contribution in [1.29, 1.82) is 0 Å². The van der Waals surface area contributed by atoms with Gasteiger partial charge in [0.1, 0.15) is 0 Å². The zero-order chi connectivity index (χ0) is 15.0. The normalized spacial score (nSPS) is 22.2. The highest BCUT2D eigenvalue weighted by atomic mass is 16.7. The number of fused-ring (bicyclic) bond motifs is 1. The Labute approximate surface area is 124 Å². The highest BCUT2D eigenvalue weighted by Crippen LogP contribution is 2.35. The Morgan fingerprint density at radius 2 is 2.10 bits per heavy atom. The van der Waals surface area contributed by atoms with Crippen LogP contribution in [0.15, 0.2) is 18.2 Å². The molecule has 0 radical (unpaired) electrons. The number of hydrogen-bond acceptors (Lipinski definition) is 4. The summed E-state index contributed by atoms with van der Waals surface area (Å²) in [6.45, 7) is 5.56. The van der Waals surface area contributed by atoms with Crippen LogP contribution in [0.2, 0.25) is 0 Å². The minimum absolute atomic E-state index is 0.133. The van der Waals surface area contributed by atoms with Gasteiger partial charge in [0.2, 0.25) is 12.7 Å². The third-order valence-electron chi connectivity index (χ3n) is 4.36.